The Morgan fingerprint density at radius 3 is 2.11 bits per heavy atom. The van der Waals surface area contributed by atoms with Crippen LogP contribution in [0.2, 0.25) is 5.28 Å². The number of nitro benzene ring substituents is 1. The van der Waals surface area contributed by atoms with Gasteiger partial charge >= 0.3 is 0 Å². The monoisotopic (exact) mass is 1060 g/mol. The van der Waals surface area contributed by atoms with Crippen molar-refractivity contribution in [1.82, 2.24) is 24.7 Å². The number of phenolic OH excluding ortho intramolecular Hbond substituents is 3. The maximum atomic E-state index is 12.3. The van der Waals surface area contributed by atoms with Gasteiger partial charge in [0.2, 0.25) is 17.1 Å². The molecule has 364 valence electrons. The van der Waals surface area contributed by atoms with E-state index in [0.717, 1.165) is 17.0 Å². The SMILES string of the molecule is CCCS(=O)(=O)c1ccc(Nc2nc(Cl)nc(Cc3ccc4c(O)c(N=Nc5ccccc5O)ccc4c3)n2)cc1.Cc1nn(-c2ccccc2)c(O)c1N=Nc1cc([N+](=O)[O-])cc(S(=O)(=O)O)c1O.[Cr]. The number of hydrogen-bond donors (Lipinski definition) is 6. The molecule has 6 N–H and O–H groups in total. The van der Waals surface area contributed by atoms with Gasteiger partial charge in [0.1, 0.15) is 33.5 Å². The molecule has 0 unspecified atom stereocenters. The first-order valence-electron chi connectivity index (χ1n) is 20.5. The van der Waals surface area contributed by atoms with E-state index in [1.807, 2.05) is 25.1 Å². The van der Waals surface area contributed by atoms with Gasteiger partial charge in [-0.2, -0.15) is 28.2 Å². The van der Waals surface area contributed by atoms with Gasteiger partial charge in [0.05, 0.1) is 27.0 Å². The van der Waals surface area contributed by atoms with Crippen LogP contribution in [-0.2, 0) is 43.7 Å². The number of non-ortho nitro benzene ring substituents is 1. The number of aromatic nitrogens is 5. The summed E-state index contributed by atoms with van der Waals surface area (Å²) < 4.78 is 57.6. The van der Waals surface area contributed by atoms with Crippen LogP contribution in [0.3, 0.4) is 0 Å². The summed E-state index contributed by atoms with van der Waals surface area (Å²) in [6.45, 7) is 3.34. The third-order valence-corrected chi connectivity index (χ3v) is 12.9. The summed E-state index contributed by atoms with van der Waals surface area (Å²) >= 11 is 6.17. The minimum absolute atomic E-state index is 0. The fourth-order valence-electron chi connectivity index (χ4n) is 6.60. The van der Waals surface area contributed by atoms with Crippen molar-refractivity contribution in [3.63, 3.8) is 0 Å². The zero-order valence-electron chi connectivity index (χ0n) is 36.9. The summed E-state index contributed by atoms with van der Waals surface area (Å²) in [6, 6.07) is 31.7. The molecule has 0 saturated carbocycles. The predicted octanol–water partition coefficient (Wildman–Crippen LogP) is 10.2. The number of azo groups is 2. The molecule has 0 amide bonds. The minimum Gasteiger partial charge on any atom is -0.506 e. The molecule has 6 aromatic carbocycles. The Kier molecular flexibility index (Phi) is 16.4. The van der Waals surface area contributed by atoms with Crippen molar-refractivity contribution in [2.24, 2.45) is 20.5 Å². The maximum absolute atomic E-state index is 12.3. The van der Waals surface area contributed by atoms with Crippen molar-refractivity contribution in [3.05, 3.63) is 154 Å². The van der Waals surface area contributed by atoms with E-state index in [1.165, 1.54) is 17.7 Å². The molecule has 26 heteroatoms. The van der Waals surface area contributed by atoms with Gasteiger partial charge in [0, 0.05) is 47.0 Å². The standard InChI is InChI=1S/C29H25ClN6O4S.C16H13N5O7S.Cr/c1-2-15-41(39,40)21-11-9-20(10-12-21)31-29-33-26(32-28(30)34-29)17-18-7-13-22-19(16-18)8-14-24(27(22)38)36-35-23-5-3-4-6-25(23)37;1-9-14(16(23)20(19-9)10-5-3-2-4-6-10)18-17-12-7-11(21(24)25)8-13(15(12)22)29(26,27)28;/h3-14,16,37-38H,2,15,17H2,1H3,(H,31,32,33,34);2-8,22-23H,1H3,(H,26,27,28);. The van der Waals surface area contributed by atoms with Crippen molar-refractivity contribution in [2.45, 2.75) is 36.5 Å². The number of phenols is 3. The molecule has 22 nitrogen and oxygen atoms in total. The van der Waals surface area contributed by atoms with Gasteiger partial charge in [-0.05, 0) is 90.5 Å². The fourth-order valence-corrected chi connectivity index (χ4v) is 8.72. The Morgan fingerprint density at radius 2 is 1.44 bits per heavy atom. The van der Waals surface area contributed by atoms with Gasteiger partial charge in [-0.25, -0.2) is 13.4 Å². The van der Waals surface area contributed by atoms with Gasteiger partial charge < -0.3 is 25.7 Å². The Labute approximate surface area is 419 Å². The second kappa shape index (κ2) is 22.2. The van der Waals surface area contributed by atoms with E-state index in [0.29, 0.717) is 47.2 Å². The van der Waals surface area contributed by atoms with Gasteiger partial charge in [-0.3, -0.25) is 14.7 Å². The molecule has 0 fully saturated rings. The largest absolute Gasteiger partial charge is 0.506 e. The van der Waals surface area contributed by atoms with Crippen molar-refractivity contribution in [1.29, 1.82) is 0 Å². The number of aryl methyl sites for hydroxylation is 1. The average Bonchev–Trinajstić information content (AvgIpc) is 3.60. The van der Waals surface area contributed by atoms with Crippen LogP contribution in [0.1, 0.15) is 30.4 Å². The van der Waals surface area contributed by atoms with E-state index in [2.05, 4.69) is 45.8 Å². The number of fused-ring (bicyclic) bond motifs is 1. The third kappa shape index (κ3) is 12.7. The number of hydrogen-bond acceptors (Lipinski definition) is 19. The Hall–Kier alpha value is -7.92. The average molecular weight is 1060 g/mol. The molecule has 0 atom stereocenters. The molecule has 8 rings (SSSR count). The van der Waals surface area contributed by atoms with Gasteiger partial charge in [0.15, 0.2) is 27.0 Å². The Balaban J connectivity index is 0.000000243. The topological polar surface area (TPSA) is 331 Å². The first-order valence-corrected chi connectivity index (χ1v) is 24.0. The summed E-state index contributed by atoms with van der Waals surface area (Å²) in [5, 5.41) is 76.1. The number of halogens is 1. The summed E-state index contributed by atoms with van der Waals surface area (Å²) in [5.74, 6) is -0.725. The molecule has 0 radical (unpaired) electrons. The van der Waals surface area contributed by atoms with E-state index >= 15 is 0 Å². The van der Waals surface area contributed by atoms with Crippen LogP contribution >= 0.6 is 11.6 Å². The van der Waals surface area contributed by atoms with E-state index in [1.54, 1.807) is 84.9 Å². The van der Waals surface area contributed by atoms with Crippen LogP contribution in [0, 0.1) is 17.0 Å². The first-order chi connectivity index (χ1) is 33.3. The second-order valence-electron chi connectivity index (χ2n) is 14.9. The molecule has 71 heavy (non-hydrogen) atoms. The third-order valence-electron chi connectivity index (χ3n) is 9.93. The molecule has 0 aliphatic carbocycles. The number of anilines is 2. The van der Waals surface area contributed by atoms with Gasteiger partial charge in [-0.15, -0.1) is 20.5 Å². The van der Waals surface area contributed by atoms with E-state index in [-0.39, 0.29) is 67.8 Å². The Morgan fingerprint density at radius 1 is 0.761 bits per heavy atom. The van der Waals surface area contributed by atoms with Crippen LogP contribution in [0.15, 0.2) is 152 Å². The van der Waals surface area contributed by atoms with E-state index < -0.39 is 52.8 Å². The summed E-state index contributed by atoms with van der Waals surface area (Å²) in [7, 11) is -8.28. The molecular weight excluding hydrogens is 1020 g/mol. The number of nitro groups is 1. The predicted molar refractivity (Wildman–Crippen MR) is 256 cm³/mol. The number of benzene rings is 6. The number of nitrogens with one attached hydrogen (secondary N) is 1. The smallest absolute Gasteiger partial charge is 0.298 e. The molecule has 2 heterocycles. The van der Waals surface area contributed by atoms with Crippen LogP contribution in [0.5, 0.6) is 23.1 Å². The molecular formula is C45H38ClCrN11O11S2. The summed E-state index contributed by atoms with van der Waals surface area (Å²) in [5.41, 5.74) is 1.37. The molecule has 8 aromatic rings. The molecule has 2 aromatic heterocycles. The summed E-state index contributed by atoms with van der Waals surface area (Å²) in [6.07, 6.45) is 0.886. The number of sulfone groups is 1. The fraction of sp³-hybridized carbons (Fsp3) is 0.111. The molecule has 0 aliphatic heterocycles. The zero-order valence-corrected chi connectivity index (χ0v) is 40.6. The number of nitrogens with zero attached hydrogens (tertiary/aromatic N) is 10. The van der Waals surface area contributed by atoms with Crippen LogP contribution in [0.4, 0.5) is 40.1 Å². The van der Waals surface area contributed by atoms with Crippen LogP contribution in [-0.4, -0.2) is 77.2 Å². The zero-order chi connectivity index (χ0) is 50.3. The Bertz CT molecular complexity index is 3570. The molecule has 0 saturated heterocycles. The first kappa shape index (κ1) is 52.5. The van der Waals surface area contributed by atoms with Crippen molar-refractivity contribution >= 4 is 82.4 Å². The van der Waals surface area contributed by atoms with Crippen LogP contribution < -0.4 is 5.32 Å². The van der Waals surface area contributed by atoms with E-state index in [9.17, 15) is 47.4 Å². The van der Waals surface area contributed by atoms with Crippen LogP contribution in [0.25, 0.3) is 16.5 Å². The van der Waals surface area contributed by atoms with Gasteiger partial charge in [0.25, 0.3) is 15.8 Å². The van der Waals surface area contributed by atoms with E-state index in [4.69, 9.17) is 16.2 Å². The van der Waals surface area contributed by atoms with Gasteiger partial charge in [-0.1, -0.05) is 61.5 Å². The molecule has 0 aliphatic rings. The van der Waals surface area contributed by atoms with Crippen molar-refractivity contribution in [2.75, 3.05) is 11.1 Å². The van der Waals surface area contributed by atoms with Crippen molar-refractivity contribution in [3.8, 4) is 28.8 Å². The normalized spacial score (nSPS) is 11.6. The van der Waals surface area contributed by atoms with Crippen molar-refractivity contribution < 1.29 is 64.1 Å². The summed E-state index contributed by atoms with van der Waals surface area (Å²) in [4.78, 5) is 22.1. The quantitative estimate of drug-likeness (QED) is 0.0255. The molecule has 0 bridgehead atoms. The number of aromatic hydroxyl groups is 4. The number of para-hydroxylation sites is 2. The second-order valence-corrected chi connectivity index (χ2v) is 18.8. The number of rotatable bonds is 14. The minimum atomic E-state index is -4.97. The maximum Gasteiger partial charge on any atom is 0.298 e. The molecule has 0 spiro atoms.